The van der Waals surface area contributed by atoms with E-state index in [0.717, 1.165) is 24.8 Å². The molecular weight excluding hydrogens is 248 g/mol. The Labute approximate surface area is 118 Å². The molecule has 102 valence electrons. The van der Waals surface area contributed by atoms with Crippen LogP contribution in [0.1, 0.15) is 19.3 Å². The number of hydrogen-bond acceptors (Lipinski definition) is 1. The molecule has 2 bridgehead atoms. The van der Waals surface area contributed by atoms with E-state index in [9.17, 15) is 4.79 Å². The van der Waals surface area contributed by atoms with Gasteiger partial charge in [-0.25, -0.2) is 0 Å². The minimum Gasteiger partial charge on any atom is -0.338 e. The second-order valence-electron chi connectivity index (χ2n) is 5.77. The number of carbonyl (C=O) groups is 1. The van der Waals surface area contributed by atoms with Crippen LogP contribution < -0.4 is 0 Å². The number of rotatable bonds is 2. The Kier molecular flexibility index (Phi) is 2.66. The maximum absolute atomic E-state index is 12.6. The molecule has 1 aromatic carbocycles. The first kappa shape index (κ1) is 11.8. The van der Waals surface area contributed by atoms with Crippen molar-refractivity contribution in [2.45, 2.75) is 37.9 Å². The van der Waals surface area contributed by atoms with E-state index < -0.39 is 0 Å². The standard InChI is InChI=1S/C17H18N2O/c20-17(19-14-5-3-6-15(19)9-8-14)12-18-11-10-13-4-1-2-7-16(13)18/h1-5,7,10-11,14-15H,6,8-9,12H2. The molecule has 0 saturated carbocycles. The average molecular weight is 266 g/mol. The van der Waals surface area contributed by atoms with Gasteiger partial charge in [-0.3, -0.25) is 4.79 Å². The number of benzene rings is 1. The number of amides is 1. The van der Waals surface area contributed by atoms with Gasteiger partial charge in [-0.1, -0.05) is 30.4 Å². The van der Waals surface area contributed by atoms with Gasteiger partial charge in [0.2, 0.25) is 5.91 Å². The lowest BCUT2D eigenvalue weighted by atomic mass is 10.1. The minimum absolute atomic E-state index is 0.253. The molecule has 0 radical (unpaired) electrons. The third kappa shape index (κ3) is 1.77. The Morgan fingerprint density at radius 1 is 1.20 bits per heavy atom. The summed E-state index contributed by atoms with van der Waals surface area (Å²) >= 11 is 0. The maximum atomic E-state index is 12.6. The Morgan fingerprint density at radius 2 is 2.10 bits per heavy atom. The van der Waals surface area contributed by atoms with Crippen molar-refractivity contribution in [3.63, 3.8) is 0 Å². The van der Waals surface area contributed by atoms with Gasteiger partial charge in [0.25, 0.3) is 0 Å². The number of fused-ring (bicyclic) bond motifs is 3. The van der Waals surface area contributed by atoms with Crippen LogP contribution in [0.25, 0.3) is 10.9 Å². The summed E-state index contributed by atoms with van der Waals surface area (Å²) in [5.74, 6) is 0.253. The van der Waals surface area contributed by atoms with Gasteiger partial charge in [-0.2, -0.15) is 0 Å². The summed E-state index contributed by atoms with van der Waals surface area (Å²) in [5, 5.41) is 1.20. The molecule has 0 aliphatic carbocycles. The molecule has 0 N–H and O–H groups in total. The van der Waals surface area contributed by atoms with Crippen molar-refractivity contribution in [1.82, 2.24) is 9.47 Å². The topological polar surface area (TPSA) is 25.2 Å². The van der Waals surface area contributed by atoms with Crippen LogP contribution in [0.3, 0.4) is 0 Å². The van der Waals surface area contributed by atoms with Crippen LogP contribution in [0.15, 0.2) is 48.7 Å². The van der Waals surface area contributed by atoms with E-state index in [0.29, 0.717) is 18.6 Å². The summed E-state index contributed by atoms with van der Waals surface area (Å²) in [6.45, 7) is 0.453. The monoisotopic (exact) mass is 266 g/mol. The highest BCUT2D eigenvalue weighted by Gasteiger charge is 2.36. The Bertz CT molecular complexity index is 685. The molecule has 3 heterocycles. The van der Waals surface area contributed by atoms with Crippen LogP contribution in [0, 0.1) is 0 Å². The Hall–Kier alpha value is -2.03. The Morgan fingerprint density at radius 3 is 3.00 bits per heavy atom. The Balaban J connectivity index is 1.60. The lowest BCUT2D eigenvalue weighted by Crippen LogP contribution is -2.43. The molecule has 2 unspecified atom stereocenters. The van der Waals surface area contributed by atoms with E-state index in [2.05, 4.69) is 39.8 Å². The summed E-state index contributed by atoms with van der Waals surface area (Å²) in [7, 11) is 0. The lowest BCUT2D eigenvalue weighted by Gasteiger charge is -2.31. The number of hydrogen-bond donors (Lipinski definition) is 0. The van der Waals surface area contributed by atoms with Crippen molar-refractivity contribution in [1.29, 1.82) is 0 Å². The molecule has 0 spiro atoms. The molecule has 4 rings (SSSR count). The number of para-hydroxylation sites is 1. The molecule has 3 nitrogen and oxygen atoms in total. The van der Waals surface area contributed by atoms with Gasteiger partial charge in [-0.05, 0) is 36.8 Å². The first-order valence-corrected chi connectivity index (χ1v) is 7.34. The second kappa shape index (κ2) is 4.51. The maximum Gasteiger partial charge on any atom is 0.243 e. The van der Waals surface area contributed by atoms with Crippen molar-refractivity contribution in [2.24, 2.45) is 0 Å². The zero-order valence-corrected chi connectivity index (χ0v) is 11.4. The van der Waals surface area contributed by atoms with Crippen LogP contribution in [0.4, 0.5) is 0 Å². The van der Waals surface area contributed by atoms with E-state index in [1.807, 2.05) is 18.3 Å². The van der Waals surface area contributed by atoms with Crippen LogP contribution in [-0.2, 0) is 11.3 Å². The van der Waals surface area contributed by atoms with E-state index in [4.69, 9.17) is 0 Å². The van der Waals surface area contributed by atoms with Crippen molar-refractivity contribution < 1.29 is 4.79 Å². The van der Waals surface area contributed by atoms with E-state index in [1.54, 1.807) is 0 Å². The van der Waals surface area contributed by atoms with Crippen LogP contribution in [0.2, 0.25) is 0 Å². The van der Waals surface area contributed by atoms with Gasteiger partial charge in [-0.15, -0.1) is 0 Å². The van der Waals surface area contributed by atoms with E-state index in [-0.39, 0.29) is 5.91 Å². The third-order valence-corrected chi connectivity index (χ3v) is 4.59. The second-order valence-corrected chi connectivity index (χ2v) is 5.77. The van der Waals surface area contributed by atoms with Crippen molar-refractivity contribution in [2.75, 3.05) is 0 Å². The zero-order valence-electron chi connectivity index (χ0n) is 11.4. The molecule has 2 aliphatic rings. The molecular formula is C17H18N2O. The molecule has 3 heteroatoms. The number of nitrogens with zero attached hydrogens (tertiary/aromatic N) is 2. The fourth-order valence-electron chi connectivity index (χ4n) is 3.62. The van der Waals surface area contributed by atoms with Crippen LogP contribution in [0.5, 0.6) is 0 Å². The molecule has 20 heavy (non-hydrogen) atoms. The van der Waals surface area contributed by atoms with E-state index in [1.165, 1.54) is 5.39 Å². The van der Waals surface area contributed by atoms with E-state index >= 15 is 0 Å². The van der Waals surface area contributed by atoms with Gasteiger partial charge in [0.15, 0.2) is 0 Å². The molecule has 2 aliphatic heterocycles. The predicted octanol–water partition coefficient (Wildman–Crippen LogP) is 2.96. The highest BCUT2D eigenvalue weighted by molar-refractivity contribution is 5.83. The summed E-state index contributed by atoms with van der Waals surface area (Å²) in [6.07, 6.45) is 9.75. The summed E-state index contributed by atoms with van der Waals surface area (Å²) in [6, 6.07) is 11.1. The lowest BCUT2D eigenvalue weighted by molar-refractivity contribution is -0.134. The third-order valence-electron chi connectivity index (χ3n) is 4.59. The summed E-state index contributed by atoms with van der Waals surface area (Å²) in [5.41, 5.74) is 1.14. The summed E-state index contributed by atoms with van der Waals surface area (Å²) < 4.78 is 2.06. The first-order valence-electron chi connectivity index (χ1n) is 7.34. The van der Waals surface area contributed by atoms with Crippen LogP contribution in [-0.4, -0.2) is 27.5 Å². The summed E-state index contributed by atoms with van der Waals surface area (Å²) in [4.78, 5) is 14.7. The quantitative estimate of drug-likeness (QED) is 0.767. The van der Waals surface area contributed by atoms with Gasteiger partial charge in [0.1, 0.15) is 6.54 Å². The van der Waals surface area contributed by atoms with Crippen LogP contribution >= 0.6 is 0 Å². The normalized spacial score (nSPS) is 24.5. The molecule has 1 amide bonds. The highest BCUT2D eigenvalue weighted by atomic mass is 16.2. The van der Waals surface area contributed by atoms with Gasteiger partial charge in [0.05, 0.1) is 6.04 Å². The molecule has 2 aromatic rings. The molecule has 1 fully saturated rings. The first-order chi connectivity index (χ1) is 9.83. The minimum atomic E-state index is 0.253. The van der Waals surface area contributed by atoms with Gasteiger partial charge < -0.3 is 9.47 Å². The molecule has 2 atom stereocenters. The van der Waals surface area contributed by atoms with Gasteiger partial charge in [0, 0.05) is 17.8 Å². The highest BCUT2D eigenvalue weighted by Crippen LogP contribution is 2.31. The fraction of sp³-hybridized carbons (Fsp3) is 0.353. The molecule has 1 aromatic heterocycles. The largest absolute Gasteiger partial charge is 0.338 e. The smallest absolute Gasteiger partial charge is 0.243 e. The zero-order chi connectivity index (χ0) is 13.5. The average Bonchev–Trinajstić information content (AvgIpc) is 2.98. The van der Waals surface area contributed by atoms with Gasteiger partial charge >= 0.3 is 0 Å². The fourth-order valence-corrected chi connectivity index (χ4v) is 3.62. The number of carbonyl (C=O) groups excluding carboxylic acids is 1. The van der Waals surface area contributed by atoms with Crippen molar-refractivity contribution in [3.8, 4) is 0 Å². The van der Waals surface area contributed by atoms with Crippen molar-refractivity contribution >= 4 is 16.8 Å². The SMILES string of the molecule is O=C(Cn1ccc2ccccc21)N1C2C=CCC1CC2. The predicted molar refractivity (Wildman–Crippen MR) is 79.4 cm³/mol. The molecule has 1 saturated heterocycles. The van der Waals surface area contributed by atoms with Crippen molar-refractivity contribution in [3.05, 3.63) is 48.7 Å². The number of aromatic nitrogens is 1.